The molecule has 0 saturated heterocycles. The lowest BCUT2D eigenvalue weighted by molar-refractivity contribution is 0.433. The quantitative estimate of drug-likeness (QED) is 0.168. The highest BCUT2D eigenvalue weighted by Crippen LogP contribution is 2.63. The van der Waals surface area contributed by atoms with E-state index in [-0.39, 0.29) is 0 Å². The van der Waals surface area contributed by atoms with Crippen molar-refractivity contribution >= 4 is 5.57 Å². The molecule has 0 bridgehead atoms. The first kappa shape index (κ1) is 36.0. The molecule has 62 heavy (non-hydrogen) atoms. The molecular weight excluding hydrogens is 753 g/mol. The van der Waals surface area contributed by atoms with Crippen LogP contribution in [0.25, 0.3) is 72.9 Å². The number of nitrogens with zero attached hydrogens (tertiary/aromatic N) is 2. The van der Waals surface area contributed by atoms with E-state index in [9.17, 15) is 0 Å². The lowest BCUT2D eigenvalue weighted by Gasteiger charge is -2.41. The molecule has 292 valence electrons. The lowest BCUT2D eigenvalue weighted by atomic mass is 9.63. The van der Waals surface area contributed by atoms with Gasteiger partial charge in [-0.3, -0.25) is 0 Å². The Balaban J connectivity index is 0.984. The second-order valence-electron chi connectivity index (χ2n) is 16.3. The van der Waals surface area contributed by atoms with Crippen molar-refractivity contribution < 1.29 is 4.74 Å². The van der Waals surface area contributed by atoms with E-state index >= 15 is 0 Å². The number of rotatable bonds is 6. The van der Waals surface area contributed by atoms with Crippen LogP contribution < -0.4 is 4.74 Å². The first-order chi connectivity index (χ1) is 30.7. The number of para-hydroxylation sites is 2. The van der Waals surface area contributed by atoms with Crippen LogP contribution in [0.4, 0.5) is 0 Å². The summed E-state index contributed by atoms with van der Waals surface area (Å²) in [5.41, 5.74) is 19.0. The molecule has 0 saturated carbocycles. The molecule has 3 heteroatoms. The number of hydrogen-bond acceptors (Lipinski definition) is 3. The minimum absolute atomic E-state index is 0.433. The van der Waals surface area contributed by atoms with Gasteiger partial charge in [-0.15, -0.1) is 0 Å². The molecule has 0 N–H and O–H groups in total. The van der Waals surface area contributed by atoms with Gasteiger partial charge in [-0.25, -0.2) is 9.97 Å². The van der Waals surface area contributed by atoms with Crippen LogP contribution in [-0.4, -0.2) is 9.97 Å². The first-order valence-electron chi connectivity index (χ1n) is 21.4. The molecule has 1 atom stereocenters. The number of fused-ring (bicyclic) bond motifs is 8. The highest BCUT2D eigenvalue weighted by molar-refractivity contribution is 5.93. The van der Waals surface area contributed by atoms with Gasteiger partial charge >= 0.3 is 0 Å². The van der Waals surface area contributed by atoms with Crippen molar-refractivity contribution in [2.45, 2.75) is 18.3 Å². The smallest absolute Gasteiger partial charge is 0.160 e. The van der Waals surface area contributed by atoms with E-state index in [4.69, 9.17) is 14.7 Å². The van der Waals surface area contributed by atoms with Gasteiger partial charge in [0, 0.05) is 33.4 Å². The molecule has 2 heterocycles. The molecule has 0 fully saturated rings. The first-order valence-corrected chi connectivity index (χ1v) is 21.4. The molecule has 3 aliphatic rings. The molecule has 9 aromatic rings. The van der Waals surface area contributed by atoms with E-state index in [1.165, 1.54) is 44.5 Å². The summed E-state index contributed by atoms with van der Waals surface area (Å²) in [6.45, 7) is 0. The maximum Gasteiger partial charge on any atom is 0.160 e. The predicted molar refractivity (Wildman–Crippen MR) is 253 cm³/mol. The summed E-state index contributed by atoms with van der Waals surface area (Å²) in [5.74, 6) is 2.49. The molecule has 1 unspecified atom stereocenters. The Hall–Kier alpha value is -7.88. The fourth-order valence-electron chi connectivity index (χ4n) is 10.1. The summed E-state index contributed by atoms with van der Waals surface area (Å²) in [7, 11) is 0. The van der Waals surface area contributed by atoms with E-state index in [2.05, 4.69) is 218 Å². The number of benzene rings is 8. The van der Waals surface area contributed by atoms with Crippen molar-refractivity contribution in [3.8, 4) is 78.8 Å². The third-order valence-electron chi connectivity index (χ3n) is 12.9. The summed E-state index contributed by atoms with van der Waals surface area (Å²) >= 11 is 0. The monoisotopic (exact) mass is 792 g/mol. The van der Waals surface area contributed by atoms with Crippen LogP contribution in [-0.2, 0) is 5.41 Å². The van der Waals surface area contributed by atoms with Gasteiger partial charge in [-0.05, 0) is 87.2 Å². The molecule has 0 radical (unpaired) electrons. The van der Waals surface area contributed by atoms with E-state index in [1.807, 2.05) is 0 Å². The zero-order chi connectivity index (χ0) is 41.0. The molecule has 1 aromatic heterocycles. The molecule has 2 aliphatic carbocycles. The Morgan fingerprint density at radius 3 is 1.63 bits per heavy atom. The predicted octanol–water partition coefficient (Wildman–Crippen LogP) is 15.0. The lowest BCUT2D eigenvalue weighted by Crippen LogP contribution is -2.33. The number of allylic oxidation sites excluding steroid dienone is 4. The molecule has 1 aliphatic heterocycles. The zero-order valence-corrected chi connectivity index (χ0v) is 34.0. The highest BCUT2D eigenvalue weighted by Gasteiger charge is 2.52. The van der Waals surface area contributed by atoms with Crippen LogP contribution in [0.2, 0.25) is 0 Å². The van der Waals surface area contributed by atoms with Crippen LogP contribution in [0, 0.1) is 0 Å². The molecule has 12 rings (SSSR count). The fourth-order valence-corrected chi connectivity index (χ4v) is 10.1. The summed E-state index contributed by atoms with van der Waals surface area (Å²) < 4.78 is 7.01. The average Bonchev–Trinajstić information content (AvgIpc) is 3.65. The van der Waals surface area contributed by atoms with Gasteiger partial charge in [-0.2, -0.15) is 0 Å². The number of hydrogen-bond donors (Lipinski definition) is 0. The standard InChI is InChI=1S/C59H40N2O/c1-3-16-39(17-4-1)43-20-13-22-45(36-43)54-38-55(46-23-14-21-44(37-46)40-18-5-2-6-19-40)61-58(60-54)42-34-32-41(33-35-42)47-26-15-30-53-57(47)62-56-31-12-11-29-52(56)59(53)50-27-9-7-24-48(50)49-25-8-10-28-51(49)59/h1-9,11-27,29-38H,10,28H2. The molecular formula is C59H40N2O. The maximum atomic E-state index is 7.01. The molecule has 3 nitrogen and oxygen atoms in total. The Morgan fingerprint density at radius 1 is 0.403 bits per heavy atom. The molecule has 8 aromatic carbocycles. The summed E-state index contributed by atoms with van der Waals surface area (Å²) in [5, 5.41) is 0. The van der Waals surface area contributed by atoms with E-state index in [0.717, 1.165) is 74.7 Å². The Kier molecular flexibility index (Phi) is 8.53. The normalized spacial score (nSPS) is 15.7. The fraction of sp³-hybridized carbons (Fsp3) is 0.0508. The molecule has 0 amide bonds. The van der Waals surface area contributed by atoms with Gasteiger partial charge in [0.2, 0.25) is 0 Å². The zero-order valence-electron chi connectivity index (χ0n) is 34.0. The Labute approximate surface area is 362 Å². The topological polar surface area (TPSA) is 35.0 Å². The maximum absolute atomic E-state index is 7.01. The Morgan fingerprint density at radius 2 is 0.935 bits per heavy atom. The van der Waals surface area contributed by atoms with Crippen molar-refractivity contribution in [2.75, 3.05) is 0 Å². The van der Waals surface area contributed by atoms with E-state index in [1.54, 1.807) is 0 Å². The van der Waals surface area contributed by atoms with Crippen LogP contribution >= 0.6 is 0 Å². The van der Waals surface area contributed by atoms with Gasteiger partial charge in [-0.1, -0.05) is 194 Å². The summed E-state index contributed by atoms with van der Waals surface area (Å²) in [6, 6.07) is 73.4. The van der Waals surface area contributed by atoms with Gasteiger partial charge in [0.15, 0.2) is 5.82 Å². The van der Waals surface area contributed by atoms with Crippen molar-refractivity contribution in [1.82, 2.24) is 9.97 Å². The van der Waals surface area contributed by atoms with Crippen LogP contribution in [0.3, 0.4) is 0 Å². The van der Waals surface area contributed by atoms with E-state index < -0.39 is 5.41 Å². The van der Waals surface area contributed by atoms with Gasteiger partial charge in [0.05, 0.1) is 16.8 Å². The summed E-state index contributed by atoms with van der Waals surface area (Å²) in [4.78, 5) is 10.5. The Bertz CT molecular complexity index is 3150. The van der Waals surface area contributed by atoms with Crippen molar-refractivity contribution in [3.05, 3.63) is 246 Å². The average molecular weight is 793 g/mol. The van der Waals surface area contributed by atoms with Crippen LogP contribution in [0.1, 0.15) is 35.1 Å². The van der Waals surface area contributed by atoms with Gasteiger partial charge < -0.3 is 4.74 Å². The van der Waals surface area contributed by atoms with Crippen molar-refractivity contribution in [3.63, 3.8) is 0 Å². The van der Waals surface area contributed by atoms with Crippen LogP contribution in [0.15, 0.2) is 224 Å². The third kappa shape index (κ3) is 5.81. The minimum atomic E-state index is -0.433. The second-order valence-corrected chi connectivity index (χ2v) is 16.3. The SMILES string of the molecule is C1=CC2=C(CC1)C1(c3ccccc3Oc3c(-c4ccc(-c5nc(-c6cccc(-c7ccccc7)c6)cc(-c6cccc(-c7ccccc7)c6)n5)cc4)cccc31)c1ccccc12. The summed E-state index contributed by atoms with van der Waals surface area (Å²) in [6.07, 6.45) is 6.69. The van der Waals surface area contributed by atoms with Gasteiger partial charge in [0.1, 0.15) is 11.5 Å². The second kappa shape index (κ2) is 14.7. The number of aromatic nitrogens is 2. The van der Waals surface area contributed by atoms with Crippen LogP contribution in [0.5, 0.6) is 11.5 Å². The highest BCUT2D eigenvalue weighted by atomic mass is 16.5. The largest absolute Gasteiger partial charge is 0.456 e. The van der Waals surface area contributed by atoms with E-state index in [0.29, 0.717) is 5.82 Å². The van der Waals surface area contributed by atoms with Crippen molar-refractivity contribution in [2.24, 2.45) is 0 Å². The molecule has 1 spiro atoms. The minimum Gasteiger partial charge on any atom is -0.456 e. The van der Waals surface area contributed by atoms with Crippen molar-refractivity contribution in [1.29, 1.82) is 0 Å². The third-order valence-corrected chi connectivity index (χ3v) is 12.9. The van der Waals surface area contributed by atoms with Gasteiger partial charge in [0.25, 0.3) is 0 Å². The number of ether oxygens (including phenoxy) is 1.